The lowest BCUT2D eigenvalue weighted by molar-refractivity contribution is -0.149. The maximum atomic E-state index is 11.0. The zero-order valence-electron chi connectivity index (χ0n) is 7.58. The Morgan fingerprint density at radius 1 is 1.54 bits per heavy atom. The predicted octanol–water partition coefficient (Wildman–Crippen LogP) is -0.831. The van der Waals surface area contributed by atoms with E-state index < -0.39 is 11.5 Å². The van der Waals surface area contributed by atoms with Crippen molar-refractivity contribution >= 4 is 5.97 Å². The van der Waals surface area contributed by atoms with Crippen LogP contribution in [0.3, 0.4) is 0 Å². The fourth-order valence-electron chi connectivity index (χ4n) is 1.50. The molecule has 1 saturated heterocycles. The minimum absolute atomic E-state index is 0.454. The van der Waals surface area contributed by atoms with Crippen molar-refractivity contribution < 1.29 is 14.6 Å². The second-order valence-corrected chi connectivity index (χ2v) is 3.22. The van der Waals surface area contributed by atoms with E-state index in [1.807, 2.05) is 0 Å². The summed E-state index contributed by atoms with van der Waals surface area (Å²) in [7, 11) is 0. The fraction of sp³-hybridized carbons (Fsp3) is 0.875. The highest BCUT2D eigenvalue weighted by molar-refractivity contribution is 5.78. The summed E-state index contributed by atoms with van der Waals surface area (Å²) < 4.78 is 5.12. The lowest BCUT2D eigenvalue weighted by Crippen LogP contribution is -2.56. The topological polar surface area (TPSA) is 84.6 Å². The van der Waals surface area contributed by atoms with Gasteiger partial charge in [-0.1, -0.05) is 0 Å². The first kappa shape index (κ1) is 10.4. The molecule has 0 aromatic rings. The first-order valence-corrected chi connectivity index (χ1v) is 4.47. The Morgan fingerprint density at radius 2 is 2.15 bits per heavy atom. The molecule has 1 fully saturated rings. The monoisotopic (exact) mass is 188 g/mol. The molecule has 0 atom stereocenters. The number of ether oxygens (including phenoxy) is 1. The second kappa shape index (κ2) is 4.55. The molecule has 5 heteroatoms. The largest absolute Gasteiger partial charge is 0.480 e. The Labute approximate surface area is 77.2 Å². The molecule has 0 radical (unpaired) electrons. The fourth-order valence-corrected chi connectivity index (χ4v) is 1.50. The Morgan fingerprint density at radius 3 is 2.62 bits per heavy atom. The molecule has 1 rings (SSSR count). The summed E-state index contributed by atoms with van der Waals surface area (Å²) in [6.07, 6.45) is 1.03. The molecule has 4 N–H and O–H groups in total. The third kappa shape index (κ3) is 2.40. The van der Waals surface area contributed by atoms with E-state index >= 15 is 0 Å². The van der Waals surface area contributed by atoms with Crippen LogP contribution in [0.25, 0.3) is 0 Å². The van der Waals surface area contributed by atoms with E-state index in [2.05, 4.69) is 5.32 Å². The number of carbonyl (C=O) groups is 1. The third-order valence-electron chi connectivity index (χ3n) is 2.36. The Bertz CT molecular complexity index is 178. The van der Waals surface area contributed by atoms with E-state index in [9.17, 15) is 4.79 Å². The van der Waals surface area contributed by atoms with Gasteiger partial charge in [-0.25, -0.2) is 0 Å². The van der Waals surface area contributed by atoms with Gasteiger partial charge >= 0.3 is 5.97 Å². The van der Waals surface area contributed by atoms with Gasteiger partial charge in [0.1, 0.15) is 5.54 Å². The average Bonchev–Trinajstić information content (AvgIpc) is 2.16. The minimum atomic E-state index is -0.808. The molecule has 0 saturated carbocycles. The van der Waals surface area contributed by atoms with Crippen molar-refractivity contribution in [2.45, 2.75) is 18.4 Å². The van der Waals surface area contributed by atoms with Crippen molar-refractivity contribution in [3.63, 3.8) is 0 Å². The quantitative estimate of drug-likeness (QED) is 0.536. The number of hydrogen-bond acceptors (Lipinski definition) is 4. The Balaban J connectivity index is 2.56. The van der Waals surface area contributed by atoms with E-state index in [1.54, 1.807) is 0 Å². The highest BCUT2D eigenvalue weighted by Crippen LogP contribution is 2.20. The SMILES string of the molecule is NCCNC1(C(=O)O)CCOCC1. The Hall–Kier alpha value is -0.650. The van der Waals surface area contributed by atoms with Crippen LogP contribution in [0.4, 0.5) is 0 Å². The van der Waals surface area contributed by atoms with Gasteiger partial charge in [0, 0.05) is 26.3 Å². The Kier molecular flexibility index (Phi) is 3.65. The number of rotatable bonds is 4. The maximum Gasteiger partial charge on any atom is 0.324 e. The molecule has 1 aliphatic rings. The van der Waals surface area contributed by atoms with Crippen molar-refractivity contribution in [1.29, 1.82) is 0 Å². The molecule has 1 aliphatic heterocycles. The van der Waals surface area contributed by atoms with Crippen molar-refractivity contribution in [3.05, 3.63) is 0 Å². The summed E-state index contributed by atoms with van der Waals surface area (Å²) in [5.41, 5.74) is 4.51. The van der Waals surface area contributed by atoms with Gasteiger partial charge in [-0.2, -0.15) is 0 Å². The molecule has 0 aromatic carbocycles. The van der Waals surface area contributed by atoms with Gasteiger partial charge in [-0.3, -0.25) is 4.79 Å². The standard InChI is InChI=1S/C8H16N2O3/c9-3-4-10-8(7(11)12)1-5-13-6-2-8/h10H,1-6,9H2,(H,11,12). The van der Waals surface area contributed by atoms with Crippen LogP contribution in [0.1, 0.15) is 12.8 Å². The molecule has 76 valence electrons. The molecule has 0 aliphatic carbocycles. The molecular weight excluding hydrogens is 172 g/mol. The summed E-state index contributed by atoms with van der Waals surface area (Å²) in [6, 6.07) is 0. The van der Waals surface area contributed by atoms with Crippen molar-refractivity contribution in [1.82, 2.24) is 5.32 Å². The number of hydrogen-bond donors (Lipinski definition) is 3. The number of nitrogens with one attached hydrogen (secondary N) is 1. The van der Waals surface area contributed by atoms with Crippen LogP contribution < -0.4 is 11.1 Å². The molecule has 1 heterocycles. The number of carboxylic acid groups (broad SMARTS) is 1. The van der Waals surface area contributed by atoms with Crippen LogP contribution in [0.5, 0.6) is 0 Å². The molecule has 0 aromatic heterocycles. The van der Waals surface area contributed by atoms with E-state index in [0.29, 0.717) is 39.1 Å². The summed E-state index contributed by atoms with van der Waals surface area (Å²) in [5.74, 6) is -0.802. The van der Waals surface area contributed by atoms with Gasteiger partial charge in [-0.05, 0) is 12.8 Å². The van der Waals surface area contributed by atoms with E-state index in [1.165, 1.54) is 0 Å². The minimum Gasteiger partial charge on any atom is -0.480 e. The van der Waals surface area contributed by atoms with Crippen LogP contribution >= 0.6 is 0 Å². The molecular formula is C8H16N2O3. The highest BCUT2D eigenvalue weighted by Gasteiger charge is 2.39. The molecule has 0 bridgehead atoms. The zero-order valence-corrected chi connectivity index (χ0v) is 7.58. The first-order valence-electron chi connectivity index (χ1n) is 4.47. The number of nitrogens with two attached hydrogens (primary N) is 1. The summed E-state index contributed by atoms with van der Waals surface area (Å²) >= 11 is 0. The summed E-state index contributed by atoms with van der Waals surface area (Å²) in [6.45, 7) is 2.00. The van der Waals surface area contributed by atoms with Crippen LogP contribution in [-0.4, -0.2) is 42.9 Å². The highest BCUT2D eigenvalue weighted by atomic mass is 16.5. The normalized spacial score (nSPS) is 21.3. The van der Waals surface area contributed by atoms with Gasteiger partial charge in [0.2, 0.25) is 0 Å². The molecule has 0 amide bonds. The van der Waals surface area contributed by atoms with E-state index in [0.717, 1.165) is 0 Å². The lowest BCUT2D eigenvalue weighted by Gasteiger charge is -2.33. The number of aliphatic carboxylic acids is 1. The van der Waals surface area contributed by atoms with Crippen molar-refractivity contribution in [2.75, 3.05) is 26.3 Å². The smallest absolute Gasteiger partial charge is 0.324 e. The third-order valence-corrected chi connectivity index (χ3v) is 2.36. The van der Waals surface area contributed by atoms with E-state index in [-0.39, 0.29) is 0 Å². The van der Waals surface area contributed by atoms with Crippen LogP contribution in [0, 0.1) is 0 Å². The average molecular weight is 188 g/mol. The number of carboxylic acids is 1. The van der Waals surface area contributed by atoms with E-state index in [4.69, 9.17) is 15.6 Å². The van der Waals surface area contributed by atoms with Crippen molar-refractivity contribution in [3.8, 4) is 0 Å². The van der Waals surface area contributed by atoms with Gasteiger partial charge in [-0.15, -0.1) is 0 Å². The van der Waals surface area contributed by atoms with Crippen LogP contribution in [-0.2, 0) is 9.53 Å². The van der Waals surface area contributed by atoms with Gasteiger partial charge in [0.05, 0.1) is 0 Å². The molecule has 0 unspecified atom stereocenters. The predicted molar refractivity (Wildman–Crippen MR) is 47.5 cm³/mol. The molecule has 0 spiro atoms. The van der Waals surface area contributed by atoms with Crippen LogP contribution in [0.15, 0.2) is 0 Å². The van der Waals surface area contributed by atoms with Crippen LogP contribution in [0.2, 0.25) is 0 Å². The van der Waals surface area contributed by atoms with Gasteiger partial charge in [0.15, 0.2) is 0 Å². The summed E-state index contributed by atoms with van der Waals surface area (Å²) in [5, 5.41) is 12.0. The van der Waals surface area contributed by atoms with Gasteiger partial charge < -0.3 is 20.9 Å². The lowest BCUT2D eigenvalue weighted by atomic mass is 9.90. The summed E-state index contributed by atoms with van der Waals surface area (Å²) in [4.78, 5) is 11.0. The second-order valence-electron chi connectivity index (χ2n) is 3.22. The maximum absolute atomic E-state index is 11.0. The molecule has 5 nitrogen and oxygen atoms in total. The van der Waals surface area contributed by atoms with Crippen molar-refractivity contribution in [2.24, 2.45) is 5.73 Å². The molecule has 13 heavy (non-hydrogen) atoms. The zero-order chi connectivity index (χ0) is 9.73. The first-order chi connectivity index (χ1) is 6.21. The van der Waals surface area contributed by atoms with Gasteiger partial charge in [0.25, 0.3) is 0 Å².